The van der Waals surface area contributed by atoms with Gasteiger partial charge in [0.25, 0.3) is 5.91 Å². The minimum Gasteiger partial charge on any atom is -0.383 e. The number of hydrogen-bond acceptors (Lipinski definition) is 7. The summed E-state index contributed by atoms with van der Waals surface area (Å²) in [6.07, 6.45) is 10.3. The minimum absolute atomic E-state index is 0.134. The van der Waals surface area contributed by atoms with E-state index in [9.17, 15) is 4.79 Å². The highest BCUT2D eigenvalue weighted by molar-refractivity contribution is 5.99. The third-order valence-corrected chi connectivity index (χ3v) is 6.31. The van der Waals surface area contributed by atoms with Crippen LogP contribution < -0.4 is 5.73 Å². The van der Waals surface area contributed by atoms with Crippen molar-refractivity contribution >= 4 is 22.6 Å². The van der Waals surface area contributed by atoms with Crippen LogP contribution in [-0.4, -0.2) is 30.7 Å². The number of ether oxygens (including phenoxy) is 1. The number of carbonyl (C=O) groups excluding carboxylic acids is 1. The van der Waals surface area contributed by atoms with Crippen molar-refractivity contribution in [3.05, 3.63) is 88.8 Å². The Balaban J connectivity index is 1.55. The third kappa shape index (κ3) is 4.18. The molecule has 0 bridgehead atoms. The van der Waals surface area contributed by atoms with E-state index in [2.05, 4.69) is 25.9 Å². The molecule has 4 aromatic rings. The molecular weight excluding hydrogens is 440 g/mol. The maximum absolute atomic E-state index is 13.9. The van der Waals surface area contributed by atoms with Gasteiger partial charge in [0.1, 0.15) is 11.6 Å². The molecule has 0 aliphatic carbocycles. The molecule has 8 nitrogen and oxygen atoms in total. The molecule has 1 aromatic carbocycles. The van der Waals surface area contributed by atoms with Gasteiger partial charge in [-0.1, -0.05) is 5.92 Å². The van der Waals surface area contributed by atoms with Crippen molar-refractivity contribution < 1.29 is 9.53 Å². The van der Waals surface area contributed by atoms with Crippen molar-refractivity contribution in [2.45, 2.75) is 39.1 Å². The third-order valence-electron chi connectivity index (χ3n) is 6.31. The summed E-state index contributed by atoms with van der Waals surface area (Å²) in [6.45, 7) is 4.55. The van der Waals surface area contributed by atoms with Crippen LogP contribution in [0.5, 0.6) is 0 Å². The van der Waals surface area contributed by atoms with Crippen molar-refractivity contribution in [3.63, 3.8) is 0 Å². The smallest absolute Gasteiger partial charge is 0.254 e. The summed E-state index contributed by atoms with van der Waals surface area (Å²) in [7, 11) is 0. The van der Waals surface area contributed by atoms with Gasteiger partial charge in [0.15, 0.2) is 0 Å². The lowest BCUT2D eigenvalue weighted by molar-refractivity contribution is 0.0663. The fourth-order valence-corrected chi connectivity index (χ4v) is 4.39. The average molecular weight is 465 g/mol. The Morgan fingerprint density at radius 3 is 2.77 bits per heavy atom. The summed E-state index contributed by atoms with van der Waals surface area (Å²) in [6, 6.07) is 10.4. The lowest BCUT2D eigenvalue weighted by Crippen LogP contribution is -2.34. The predicted molar refractivity (Wildman–Crippen MR) is 132 cm³/mol. The number of fused-ring (bicyclic) bond motifs is 3. The second kappa shape index (κ2) is 9.12. The lowest BCUT2D eigenvalue weighted by atomic mass is 9.99. The molecule has 0 fully saturated rings. The van der Waals surface area contributed by atoms with Crippen LogP contribution in [0.25, 0.3) is 10.9 Å². The Bertz CT molecular complexity index is 1450. The number of pyridine rings is 2. The van der Waals surface area contributed by atoms with Crippen LogP contribution in [0.3, 0.4) is 0 Å². The molecule has 5 rings (SSSR count). The number of rotatable bonds is 5. The largest absolute Gasteiger partial charge is 0.383 e. The van der Waals surface area contributed by atoms with Gasteiger partial charge in [0, 0.05) is 40.7 Å². The van der Waals surface area contributed by atoms with Crippen LogP contribution in [0, 0.1) is 12.3 Å². The van der Waals surface area contributed by atoms with E-state index < -0.39 is 6.04 Å². The van der Waals surface area contributed by atoms with Crippen LogP contribution in [0.1, 0.15) is 64.6 Å². The molecule has 1 amide bonds. The van der Waals surface area contributed by atoms with E-state index in [-0.39, 0.29) is 18.6 Å². The van der Waals surface area contributed by atoms with E-state index in [1.54, 1.807) is 35.6 Å². The van der Waals surface area contributed by atoms with E-state index >= 15 is 0 Å². The number of benzene rings is 1. The Morgan fingerprint density at radius 1 is 1.26 bits per heavy atom. The maximum Gasteiger partial charge on any atom is 0.254 e. The van der Waals surface area contributed by atoms with E-state index in [1.807, 2.05) is 38.1 Å². The van der Waals surface area contributed by atoms with Crippen molar-refractivity contribution in [1.29, 1.82) is 0 Å². The number of carbonyl (C=O) groups is 1. The summed E-state index contributed by atoms with van der Waals surface area (Å²) < 4.78 is 5.80. The molecular formula is C27H24N6O2. The highest BCUT2D eigenvalue weighted by Gasteiger charge is 2.28. The van der Waals surface area contributed by atoms with Gasteiger partial charge in [-0.2, -0.15) is 0 Å². The molecule has 0 saturated heterocycles. The Labute approximate surface area is 203 Å². The molecule has 2 atom stereocenters. The predicted octanol–water partition coefficient (Wildman–Crippen LogP) is 3.98. The summed E-state index contributed by atoms with van der Waals surface area (Å²) >= 11 is 0. The first kappa shape index (κ1) is 22.4. The van der Waals surface area contributed by atoms with Crippen molar-refractivity contribution in [2.75, 3.05) is 5.73 Å². The first-order valence-electron chi connectivity index (χ1n) is 11.3. The molecule has 35 heavy (non-hydrogen) atoms. The number of hydrogen-bond donors (Lipinski definition) is 1. The molecule has 8 heteroatoms. The molecule has 0 radical (unpaired) electrons. The van der Waals surface area contributed by atoms with E-state index in [0.29, 0.717) is 35.1 Å². The number of nitrogen functional groups attached to an aromatic ring is 1. The van der Waals surface area contributed by atoms with Gasteiger partial charge >= 0.3 is 0 Å². The van der Waals surface area contributed by atoms with Crippen LogP contribution >= 0.6 is 0 Å². The van der Waals surface area contributed by atoms with E-state index in [0.717, 1.165) is 22.0 Å². The number of anilines is 1. The molecule has 3 aromatic heterocycles. The number of amides is 1. The zero-order chi connectivity index (χ0) is 24.5. The SMILES string of the molecule is C#Cc1ccc(CN(C(=O)c2ccc3nc(N)c4c(c3c2)COC4C)C(C)c2ncccn2)nc1. The molecule has 2 unspecified atom stereocenters. The number of terminal acetylenes is 1. The Morgan fingerprint density at radius 2 is 2.06 bits per heavy atom. The van der Waals surface area contributed by atoms with Crippen LogP contribution in [-0.2, 0) is 17.9 Å². The van der Waals surface area contributed by atoms with Gasteiger partial charge in [-0.05, 0) is 55.8 Å². The van der Waals surface area contributed by atoms with Crippen LogP contribution in [0.2, 0.25) is 0 Å². The Hall–Kier alpha value is -4.35. The highest BCUT2D eigenvalue weighted by Crippen LogP contribution is 2.38. The van der Waals surface area contributed by atoms with Crippen molar-refractivity contribution in [2.24, 2.45) is 0 Å². The maximum atomic E-state index is 13.9. The van der Waals surface area contributed by atoms with Gasteiger partial charge in [-0.3, -0.25) is 9.78 Å². The zero-order valence-corrected chi connectivity index (χ0v) is 19.5. The first-order chi connectivity index (χ1) is 17.0. The zero-order valence-electron chi connectivity index (χ0n) is 19.5. The molecule has 174 valence electrons. The number of nitrogens with two attached hydrogens (primary N) is 1. The minimum atomic E-state index is -0.396. The summed E-state index contributed by atoms with van der Waals surface area (Å²) in [5.74, 6) is 3.40. The van der Waals surface area contributed by atoms with Crippen molar-refractivity contribution in [1.82, 2.24) is 24.8 Å². The summed E-state index contributed by atoms with van der Waals surface area (Å²) in [5.41, 5.74) is 10.7. The molecule has 1 aliphatic rings. The topological polar surface area (TPSA) is 107 Å². The van der Waals surface area contributed by atoms with Crippen molar-refractivity contribution in [3.8, 4) is 12.3 Å². The Kier molecular flexibility index (Phi) is 5.85. The number of aromatic nitrogens is 4. The molecule has 0 saturated carbocycles. The molecule has 2 N–H and O–H groups in total. The van der Waals surface area contributed by atoms with Crippen LogP contribution in [0.15, 0.2) is 55.0 Å². The number of nitrogens with zero attached hydrogens (tertiary/aromatic N) is 5. The normalized spacial score (nSPS) is 15.4. The fraction of sp³-hybridized carbons (Fsp3) is 0.222. The highest BCUT2D eigenvalue weighted by atomic mass is 16.5. The summed E-state index contributed by atoms with van der Waals surface area (Å²) in [5, 5.41) is 0.865. The van der Waals surface area contributed by atoms with Gasteiger partial charge in [0.05, 0.1) is 36.5 Å². The van der Waals surface area contributed by atoms with Gasteiger partial charge < -0.3 is 15.4 Å². The van der Waals surface area contributed by atoms with Gasteiger partial charge in [-0.15, -0.1) is 6.42 Å². The quantitative estimate of drug-likeness (QED) is 0.445. The van der Waals surface area contributed by atoms with Gasteiger partial charge in [0.2, 0.25) is 0 Å². The fourth-order valence-electron chi connectivity index (χ4n) is 4.39. The lowest BCUT2D eigenvalue weighted by Gasteiger charge is -2.28. The first-order valence-corrected chi connectivity index (χ1v) is 11.3. The van der Waals surface area contributed by atoms with E-state index in [4.69, 9.17) is 16.9 Å². The molecule has 4 heterocycles. The molecule has 1 aliphatic heterocycles. The average Bonchev–Trinajstić information content (AvgIpc) is 3.29. The second-order valence-corrected chi connectivity index (χ2v) is 8.47. The van der Waals surface area contributed by atoms with Crippen LogP contribution in [0.4, 0.5) is 5.82 Å². The monoisotopic (exact) mass is 464 g/mol. The summed E-state index contributed by atoms with van der Waals surface area (Å²) in [4.78, 5) is 33.3. The second-order valence-electron chi connectivity index (χ2n) is 8.47. The molecule has 0 spiro atoms. The van der Waals surface area contributed by atoms with E-state index in [1.165, 1.54) is 0 Å². The van der Waals surface area contributed by atoms with Gasteiger partial charge in [-0.25, -0.2) is 15.0 Å². The standard InChI is InChI=1S/C27H24N6O2/c1-4-18-6-8-20(31-13-18)14-33(16(2)26-29-10-5-11-30-26)27(34)19-7-9-23-21(12-19)22-15-35-17(3)24(22)25(28)32-23/h1,5-13,16-17H,14-15H2,2-3H3,(H2,28,32).